The summed E-state index contributed by atoms with van der Waals surface area (Å²) in [5.74, 6) is -1.05. The van der Waals surface area contributed by atoms with E-state index in [4.69, 9.17) is 0 Å². The molecule has 1 saturated heterocycles. The Morgan fingerprint density at radius 3 is 2.19 bits per heavy atom. The number of sulfonamides is 1. The summed E-state index contributed by atoms with van der Waals surface area (Å²) in [4.78, 5) is 25.6. The van der Waals surface area contributed by atoms with Gasteiger partial charge in [-0.2, -0.15) is 4.31 Å². The Morgan fingerprint density at radius 2 is 1.65 bits per heavy atom. The van der Waals surface area contributed by atoms with Crippen molar-refractivity contribution in [3.05, 3.63) is 29.8 Å². The summed E-state index contributed by atoms with van der Waals surface area (Å²) in [6.45, 7) is 6.10. The Balaban J connectivity index is 1.87. The molecule has 1 heterocycles. The molecule has 0 bridgehead atoms. The maximum absolute atomic E-state index is 12.4. The van der Waals surface area contributed by atoms with Gasteiger partial charge in [0.1, 0.15) is 0 Å². The third-order valence-electron chi connectivity index (χ3n) is 4.55. The van der Waals surface area contributed by atoms with Gasteiger partial charge in [-0.1, -0.05) is 26.0 Å². The molecule has 0 aliphatic carbocycles. The van der Waals surface area contributed by atoms with Gasteiger partial charge in [-0.25, -0.2) is 8.42 Å². The van der Waals surface area contributed by atoms with Crippen molar-refractivity contribution in [2.45, 2.75) is 38.0 Å². The van der Waals surface area contributed by atoms with E-state index in [2.05, 4.69) is 5.32 Å². The van der Waals surface area contributed by atoms with E-state index in [1.807, 2.05) is 13.8 Å². The fraction of sp³-hybridized carbons (Fsp3) is 0.556. The van der Waals surface area contributed by atoms with E-state index < -0.39 is 21.8 Å². The zero-order chi connectivity index (χ0) is 19.2. The van der Waals surface area contributed by atoms with Crippen molar-refractivity contribution in [1.82, 2.24) is 14.5 Å². The number of amides is 2. The van der Waals surface area contributed by atoms with E-state index in [9.17, 15) is 18.0 Å². The lowest BCUT2D eigenvalue weighted by molar-refractivity contribution is -0.145. The second-order valence-electron chi connectivity index (χ2n) is 6.24. The van der Waals surface area contributed by atoms with Gasteiger partial charge in [-0.15, -0.1) is 0 Å². The Labute approximate surface area is 155 Å². The van der Waals surface area contributed by atoms with Gasteiger partial charge in [-0.05, 0) is 37.0 Å². The lowest BCUT2D eigenvalue weighted by Gasteiger charge is -2.18. The van der Waals surface area contributed by atoms with Crippen LogP contribution in [0.1, 0.15) is 32.3 Å². The second kappa shape index (κ2) is 9.14. The van der Waals surface area contributed by atoms with E-state index in [0.717, 1.165) is 18.4 Å². The zero-order valence-electron chi connectivity index (χ0n) is 15.4. The normalized spacial score (nSPS) is 14.7. The van der Waals surface area contributed by atoms with Crippen molar-refractivity contribution in [3.8, 4) is 0 Å². The highest BCUT2D eigenvalue weighted by Gasteiger charge is 2.24. The first kappa shape index (κ1) is 20.4. The average molecular weight is 381 g/mol. The van der Waals surface area contributed by atoms with Crippen molar-refractivity contribution < 1.29 is 18.0 Å². The van der Waals surface area contributed by atoms with E-state index in [1.165, 1.54) is 4.31 Å². The topological polar surface area (TPSA) is 86.8 Å². The number of rotatable bonds is 7. The van der Waals surface area contributed by atoms with E-state index in [-0.39, 0.29) is 4.90 Å². The molecule has 1 aliphatic heterocycles. The Morgan fingerprint density at radius 1 is 1.08 bits per heavy atom. The van der Waals surface area contributed by atoms with Crippen LogP contribution >= 0.6 is 0 Å². The molecule has 1 aromatic carbocycles. The van der Waals surface area contributed by atoms with Crippen LogP contribution in [0.15, 0.2) is 29.2 Å². The van der Waals surface area contributed by atoms with Gasteiger partial charge in [0, 0.05) is 32.7 Å². The Hall–Kier alpha value is -1.93. The monoisotopic (exact) mass is 381 g/mol. The largest absolute Gasteiger partial charge is 0.347 e. The molecule has 7 nitrogen and oxygen atoms in total. The lowest BCUT2D eigenvalue weighted by Crippen LogP contribution is -2.42. The van der Waals surface area contributed by atoms with Gasteiger partial charge in [0.15, 0.2) is 0 Å². The van der Waals surface area contributed by atoms with Gasteiger partial charge >= 0.3 is 11.8 Å². The summed E-state index contributed by atoms with van der Waals surface area (Å²) < 4.78 is 26.3. The standard InChI is InChI=1S/C18H27N3O4S/c1-3-21(4-2)26(24,25)16-9-7-15(8-10-16)11-12-19-17(22)18(23)20-13-5-6-14-20/h7-10H,3-6,11-14H2,1-2H3,(H,19,22). The molecular formula is C18H27N3O4S. The molecule has 0 radical (unpaired) electrons. The SMILES string of the molecule is CCN(CC)S(=O)(=O)c1ccc(CCNC(=O)C(=O)N2CCCC2)cc1. The van der Waals surface area contributed by atoms with Crippen LogP contribution in [0.4, 0.5) is 0 Å². The molecule has 0 spiro atoms. The highest BCUT2D eigenvalue weighted by Crippen LogP contribution is 2.16. The van der Waals surface area contributed by atoms with Gasteiger partial charge < -0.3 is 10.2 Å². The third kappa shape index (κ3) is 4.82. The Kier molecular flexibility index (Phi) is 7.16. The first-order chi connectivity index (χ1) is 12.4. The van der Waals surface area contributed by atoms with Crippen molar-refractivity contribution in [1.29, 1.82) is 0 Å². The number of hydrogen-bond donors (Lipinski definition) is 1. The fourth-order valence-corrected chi connectivity index (χ4v) is 4.46. The van der Waals surface area contributed by atoms with Gasteiger partial charge in [0.2, 0.25) is 10.0 Å². The van der Waals surface area contributed by atoms with Crippen LogP contribution in [0.3, 0.4) is 0 Å². The van der Waals surface area contributed by atoms with Crippen molar-refractivity contribution in [3.63, 3.8) is 0 Å². The summed E-state index contributed by atoms with van der Waals surface area (Å²) in [7, 11) is -3.46. The molecular weight excluding hydrogens is 354 g/mol. The molecule has 144 valence electrons. The van der Waals surface area contributed by atoms with Crippen molar-refractivity contribution in [2.24, 2.45) is 0 Å². The highest BCUT2D eigenvalue weighted by atomic mass is 32.2. The summed E-state index contributed by atoms with van der Waals surface area (Å²) in [6.07, 6.45) is 2.42. The molecule has 0 aromatic heterocycles. The second-order valence-corrected chi connectivity index (χ2v) is 8.18. The van der Waals surface area contributed by atoms with Gasteiger partial charge in [0.05, 0.1) is 4.90 Å². The molecule has 1 N–H and O–H groups in total. The quantitative estimate of drug-likeness (QED) is 0.714. The fourth-order valence-electron chi connectivity index (χ4n) is 3.00. The highest BCUT2D eigenvalue weighted by molar-refractivity contribution is 7.89. The number of likely N-dealkylation sites (tertiary alicyclic amines) is 1. The van der Waals surface area contributed by atoms with Gasteiger partial charge in [0.25, 0.3) is 0 Å². The molecule has 2 amide bonds. The molecule has 1 aliphatic rings. The first-order valence-electron chi connectivity index (χ1n) is 9.06. The predicted octanol–water partition coefficient (Wildman–Crippen LogP) is 0.998. The molecule has 26 heavy (non-hydrogen) atoms. The number of nitrogens with zero attached hydrogens (tertiary/aromatic N) is 2. The number of hydrogen-bond acceptors (Lipinski definition) is 4. The van der Waals surface area contributed by atoms with Crippen LogP contribution in [-0.4, -0.2) is 62.2 Å². The minimum absolute atomic E-state index is 0.262. The number of carbonyl (C=O) groups excluding carboxylic acids is 2. The van der Waals surface area contributed by atoms with Crippen LogP contribution in [-0.2, 0) is 26.0 Å². The zero-order valence-corrected chi connectivity index (χ0v) is 16.2. The lowest BCUT2D eigenvalue weighted by atomic mass is 10.1. The maximum atomic E-state index is 12.4. The van der Waals surface area contributed by atoms with E-state index in [0.29, 0.717) is 39.1 Å². The number of benzene rings is 1. The number of carbonyl (C=O) groups is 2. The third-order valence-corrected chi connectivity index (χ3v) is 6.62. The minimum atomic E-state index is -3.46. The summed E-state index contributed by atoms with van der Waals surface area (Å²) >= 11 is 0. The Bertz CT molecular complexity index is 721. The average Bonchev–Trinajstić information content (AvgIpc) is 3.17. The molecule has 1 fully saturated rings. The van der Waals surface area contributed by atoms with Crippen molar-refractivity contribution in [2.75, 3.05) is 32.7 Å². The summed E-state index contributed by atoms with van der Waals surface area (Å²) in [5, 5.41) is 2.63. The van der Waals surface area contributed by atoms with Crippen LogP contribution < -0.4 is 5.32 Å². The number of nitrogens with one attached hydrogen (secondary N) is 1. The van der Waals surface area contributed by atoms with Crippen LogP contribution in [0.25, 0.3) is 0 Å². The molecule has 0 unspecified atom stereocenters. The molecule has 1 aromatic rings. The molecule has 8 heteroatoms. The van der Waals surface area contributed by atoms with E-state index >= 15 is 0 Å². The predicted molar refractivity (Wildman–Crippen MR) is 99.1 cm³/mol. The van der Waals surface area contributed by atoms with E-state index in [1.54, 1.807) is 29.2 Å². The van der Waals surface area contributed by atoms with Crippen LogP contribution in [0.2, 0.25) is 0 Å². The molecule has 0 atom stereocenters. The summed E-state index contributed by atoms with van der Waals surface area (Å²) in [6, 6.07) is 6.65. The van der Waals surface area contributed by atoms with Crippen LogP contribution in [0.5, 0.6) is 0 Å². The summed E-state index contributed by atoms with van der Waals surface area (Å²) in [5.41, 5.74) is 0.900. The smallest absolute Gasteiger partial charge is 0.311 e. The molecule has 2 rings (SSSR count). The maximum Gasteiger partial charge on any atom is 0.311 e. The minimum Gasteiger partial charge on any atom is -0.347 e. The van der Waals surface area contributed by atoms with Crippen molar-refractivity contribution >= 4 is 21.8 Å². The molecule has 0 saturated carbocycles. The van der Waals surface area contributed by atoms with Crippen LogP contribution in [0, 0.1) is 0 Å². The van der Waals surface area contributed by atoms with Gasteiger partial charge in [-0.3, -0.25) is 9.59 Å². The first-order valence-corrected chi connectivity index (χ1v) is 10.5.